The minimum absolute atomic E-state index is 0.00594. The Morgan fingerprint density at radius 3 is 2.81 bits per heavy atom. The van der Waals surface area contributed by atoms with Crippen LogP contribution in [0.2, 0.25) is 0 Å². The molecule has 136 valence electrons. The van der Waals surface area contributed by atoms with Crippen molar-refractivity contribution in [2.24, 2.45) is 0 Å². The Labute approximate surface area is 164 Å². The van der Waals surface area contributed by atoms with E-state index in [9.17, 15) is 4.79 Å². The molecule has 0 aliphatic heterocycles. The van der Waals surface area contributed by atoms with E-state index in [1.165, 1.54) is 28.0 Å². The van der Waals surface area contributed by atoms with E-state index in [1.54, 1.807) is 18.4 Å². The maximum absolute atomic E-state index is 11.9. The molecular weight excluding hydrogens is 388 g/mol. The summed E-state index contributed by atoms with van der Waals surface area (Å²) < 4.78 is 5.89. The summed E-state index contributed by atoms with van der Waals surface area (Å²) in [6.45, 7) is 0.653. The van der Waals surface area contributed by atoms with Crippen molar-refractivity contribution in [3.63, 3.8) is 0 Å². The van der Waals surface area contributed by atoms with Gasteiger partial charge in [-0.15, -0.1) is 21.5 Å². The Morgan fingerprint density at radius 1 is 1.23 bits per heavy atom. The van der Waals surface area contributed by atoms with Gasteiger partial charge in [-0.1, -0.05) is 29.2 Å². The SMILES string of the molecule is COc1ccc(Nc2nnc(SCC(=O)NCCc3cccs3)s2)cc1. The van der Waals surface area contributed by atoms with Crippen molar-refractivity contribution in [3.8, 4) is 5.75 Å². The molecule has 9 heteroatoms. The smallest absolute Gasteiger partial charge is 0.230 e. The summed E-state index contributed by atoms with van der Waals surface area (Å²) in [6, 6.07) is 11.7. The Bertz CT molecular complexity index is 819. The van der Waals surface area contributed by atoms with Gasteiger partial charge in [-0.3, -0.25) is 4.79 Å². The molecular formula is C17H18N4O2S3. The molecule has 2 heterocycles. The fourth-order valence-corrected chi connectivity index (χ4v) is 4.39. The van der Waals surface area contributed by atoms with Gasteiger partial charge in [-0.2, -0.15) is 0 Å². The average molecular weight is 407 g/mol. The Kier molecular flexibility index (Phi) is 6.87. The van der Waals surface area contributed by atoms with Crippen LogP contribution in [0.25, 0.3) is 0 Å². The number of benzene rings is 1. The summed E-state index contributed by atoms with van der Waals surface area (Å²) in [7, 11) is 1.63. The van der Waals surface area contributed by atoms with Crippen LogP contribution in [0.1, 0.15) is 4.88 Å². The Morgan fingerprint density at radius 2 is 2.08 bits per heavy atom. The van der Waals surface area contributed by atoms with Gasteiger partial charge in [0.05, 0.1) is 12.9 Å². The Balaban J connectivity index is 1.40. The third-order valence-electron chi connectivity index (χ3n) is 3.35. The lowest BCUT2D eigenvalue weighted by Crippen LogP contribution is -2.27. The lowest BCUT2D eigenvalue weighted by molar-refractivity contribution is -0.118. The highest BCUT2D eigenvalue weighted by molar-refractivity contribution is 8.01. The molecule has 0 aliphatic carbocycles. The molecule has 0 spiro atoms. The van der Waals surface area contributed by atoms with Crippen molar-refractivity contribution >= 4 is 51.2 Å². The molecule has 0 unspecified atom stereocenters. The second-order valence-corrected chi connectivity index (χ2v) is 8.43. The second kappa shape index (κ2) is 9.56. The van der Waals surface area contributed by atoms with Gasteiger partial charge in [0.1, 0.15) is 5.75 Å². The number of carbonyl (C=O) groups excluding carboxylic acids is 1. The maximum atomic E-state index is 11.9. The first-order chi connectivity index (χ1) is 12.7. The predicted octanol–water partition coefficient (Wildman–Crippen LogP) is 3.80. The van der Waals surface area contributed by atoms with Crippen LogP contribution in [0.15, 0.2) is 46.1 Å². The highest BCUT2D eigenvalue weighted by atomic mass is 32.2. The maximum Gasteiger partial charge on any atom is 0.230 e. The van der Waals surface area contributed by atoms with E-state index >= 15 is 0 Å². The fraction of sp³-hybridized carbons (Fsp3) is 0.235. The number of rotatable bonds is 9. The number of hydrogen-bond donors (Lipinski definition) is 2. The van der Waals surface area contributed by atoms with Crippen molar-refractivity contribution in [1.29, 1.82) is 0 Å². The van der Waals surface area contributed by atoms with Gasteiger partial charge in [0, 0.05) is 17.1 Å². The number of hydrogen-bond acceptors (Lipinski definition) is 8. The standard InChI is InChI=1S/C17H18N4O2S3/c1-23-13-6-4-12(5-7-13)19-16-20-21-17(26-16)25-11-15(22)18-9-8-14-3-2-10-24-14/h2-7,10H,8-9,11H2,1H3,(H,18,22)(H,19,20). The molecule has 1 aromatic carbocycles. The van der Waals surface area contributed by atoms with Crippen LogP contribution in [0.5, 0.6) is 5.75 Å². The summed E-state index contributed by atoms with van der Waals surface area (Å²) in [5.41, 5.74) is 0.907. The number of ether oxygens (including phenoxy) is 1. The quantitative estimate of drug-likeness (QED) is 0.527. The van der Waals surface area contributed by atoms with Crippen molar-refractivity contribution in [3.05, 3.63) is 46.7 Å². The Hall–Kier alpha value is -2.10. The number of thiophene rings is 1. The van der Waals surface area contributed by atoms with E-state index < -0.39 is 0 Å². The van der Waals surface area contributed by atoms with Crippen molar-refractivity contribution < 1.29 is 9.53 Å². The minimum Gasteiger partial charge on any atom is -0.497 e. The van der Waals surface area contributed by atoms with Gasteiger partial charge in [-0.25, -0.2) is 0 Å². The molecule has 0 bridgehead atoms. The van der Waals surface area contributed by atoms with Crippen LogP contribution >= 0.6 is 34.4 Å². The summed E-state index contributed by atoms with van der Waals surface area (Å²) in [5, 5.41) is 17.1. The van der Waals surface area contributed by atoms with E-state index in [0.29, 0.717) is 17.4 Å². The predicted molar refractivity (Wildman–Crippen MR) is 108 cm³/mol. The summed E-state index contributed by atoms with van der Waals surface area (Å²) in [4.78, 5) is 13.2. The largest absolute Gasteiger partial charge is 0.497 e. The first-order valence-corrected chi connectivity index (χ1v) is 10.6. The van der Waals surface area contributed by atoms with Gasteiger partial charge in [0.2, 0.25) is 11.0 Å². The van der Waals surface area contributed by atoms with E-state index in [-0.39, 0.29) is 5.91 Å². The summed E-state index contributed by atoms with van der Waals surface area (Å²) >= 11 is 4.51. The normalized spacial score (nSPS) is 10.5. The molecule has 2 aromatic heterocycles. The van der Waals surface area contributed by atoms with Gasteiger partial charge < -0.3 is 15.4 Å². The van der Waals surface area contributed by atoms with Crippen LogP contribution in [0.3, 0.4) is 0 Å². The number of nitrogens with one attached hydrogen (secondary N) is 2. The number of thioether (sulfide) groups is 1. The van der Waals surface area contributed by atoms with Gasteiger partial charge >= 0.3 is 0 Å². The molecule has 1 amide bonds. The monoisotopic (exact) mass is 406 g/mol. The number of amides is 1. The van der Waals surface area contributed by atoms with Crippen LogP contribution in [0.4, 0.5) is 10.8 Å². The van der Waals surface area contributed by atoms with Gasteiger partial charge in [0.25, 0.3) is 0 Å². The van der Waals surface area contributed by atoms with E-state index in [0.717, 1.165) is 22.2 Å². The molecule has 0 radical (unpaired) electrons. The molecule has 0 atom stereocenters. The molecule has 0 saturated carbocycles. The minimum atomic E-state index is 0.00594. The van der Waals surface area contributed by atoms with Crippen LogP contribution in [-0.2, 0) is 11.2 Å². The average Bonchev–Trinajstić information content (AvgIpc) is 3.33. The lowest BCUT2D eigenvalue weighted by atomic mass is 10.3. The molecule has 3 aromatic rings. The van der Waals surface area contributed by atoms with Crippen LogP contribution < -0.4 is 15.4 Å². The number of aromatic nitrogens is 2. The zero-order valence-electron chi connectivity index (χ0n) is 14.1. The fourth-order valence-electron chi connectivity index (χ4n) is 2.07. The molecule has 6 nitrogen and oxygen atoms in total. The highest BCUT2D eigenvalue weighted by Gasteiger charge is 2.08. The third kappa shape index (κ3) is 5.72. The van der Waals surface area contributed by atoms with Gasteiger partial charge in [-0.05, 0) is 42.1 Å². The molecule has 0 fully saturated rings. The molecule has 0 saturated heterocycles. The molecule has 2 N–H and O–H groups in total. The number of anilines is 2. The molecule has 26 heavy (non-hydrogen) atoms. The van der Waals surface area contributed by atoms with E-state index in [2.05, 4.69) is 26.9 Å². The third-order valence-corrected chi connectivity index (χ3v) is 6.26. The number of methoxy groups -OCH3 is 1. The van der Waals surface area contributed by atoms with Crippen LogP contribution in [-0.4, -0.2) is 35.5 Å². The first kappa shape index (κ1) is 18.7. The van der Waals surface area contributed by atoms with Crippen molar-refractivity contribution in [1.82, 2.24) is 15.5 Å². The van der Waals surface area contributed by atoms with Crippen molar-refractivity contribution in [2.45, 2.75) is 10.8 Å². The molecule has 0 aliphatic rings. The second-order valence-electron chi connectivity index (χ2n) is 5.19. The van der Waals surface area contributed by atoms with E-state index in [1.807, 2.05) is 35.7 Å². The molecule has 3 rings (SSSR count). The summed E-state index contributed by atoms with van der Waals surface area (Å²) in [5.74, 6) is 1.14. The zero-order chi connectivity index (χ0) is 18.2. The number of carbonyl (C=O) groups is 1. The van der Waals surface area contributed by atoms with E-state index in [4.69, 9.17) is 4.74 Å². The van der Waals surface area contributed by atoms with Crippen molar-refractivity contribution in [2.75, 3.05) is 24.7 Å². The van der Waals surface area contributed by atoms with Crippen LogP contribution in [0, 0.1) is 0 Å². The topological polar surface area (TPSA) is 76.1 Å². The summed E-state index contributed by atoms with van der Waals surface area (Å²) in [6.07, 6.45) is 0.864. The first-order valence-electron chi connectivity index (χ1n) is 7.89. The number of nitrogens with zero attached hydrogens (tertiary/aromatic N) is 2. The highest BCUT2D eigenvalue weighted by Crippen LogP contribution is 2.28. The lowest BCUT2D eigenvalue weighted by Gasteiger charge is -2.03. The zero-order valence-corrected chi connectivity index (χ0v) is 16.5. The van der Waals surface area contributed by atoms with Gasteiger partial charge in [0.15, 0.2) is 4.34 Å².